The van der Waals surface area contributed by atoms with E-state index in [1.54, 1.807) is 66.9 Å². The maximum absolute atomic E-state index is 12.1. The lowest BCUT2D eigenvalue weighted by molar-refractivity contribution is 0.0734. The van der Waals surface area contributed by atoms with Crippen molar-refractivity contribution < 1.29 is 9.53 Å². The van der Waals surface area contributed by atoms with Crippen LogP contribution in [0, 0.1) is 0 Å². The van der Waals surface area contributed by atoms with Crippen molar-refractivity contribution in [3.05, 3.63) is 93.4 Å². The summed E-state index contributed by atoms with van der Waals surface area (Å²) >= 11 is 14.4. The van der Waals surface area contributed by atoms with Gasteiger partial charge in [0.05, 0.1) is 11.8 Å². The Morgan fingerprint density at radius 2 is 1.79 bits per heavy atom. The van der Waals surface area contributed by atoms with Crippen LogP contribution in [-0.4, -0.2) is 17.3 Å². The molecule has 0 saturated carbocycles. The molecule has 3 rings (SSSR count). The summed E-state index contributed by atoms with van der Waals surface area (Å²) in [5.74, 6) is 0.0270. The minimum atomic E-state index is -0.418. The Balaban J connectivity index is 1.51. The summed E-state index contributed by atoms with van der Waals surface area (Å²) < 4.78 is 6.25. The lowest BCUT2D eigenvalue weighted by Crippen LogP contribution is -2.23. The third-order valence-electron chi connectivity index (χ3n) is 3.63. The van der Waals surface area contributed by atoms with E-state index in [1.807, 2.05) is 12.1 Å². The highest BCUT2D eigenvalue weighted by atomic mass is 79.9. The van der Waals surface area contributed by atoms with Crippen LogP contribution >= 0.6 is 39.7 Å². The number of nitrogens with one attached hydrogen (secondary N) is 2. The van der Waals surface area contributed by atoms with E-state index in [0.29, 0.717) is 21.4 Å². The minimum Gasteiger partial charge on any atom is -0.423 e. The van der Waals surface area contributed by atoms with Crippen LogP contribution in [0.25, 0.3) is 0 Å². The highest BCUT2D eigenvalue weighted by Gasteiger charge is 2.08. The standard InChI is InChI=1S/C21H15BrClN3O2S/c22-16-8-6-15(7-9-16)20(27)28-19-10-4-14(5-11-19)13-24-26-21(29)25-18-3-1-2-17(23)12-18/h1-13H,(H2,25,26,29)/b24-13-. The monoisotopic (exact) mass is 487 g/mol. The van der Waals surface area contributed by atoms with Gasteiger partial charge in [-0.2, -0.15) is 5.10 Å². The Kier molecular flexibility index (Phi) is 7.35. The predicted molar refractivity (Wildman–Crippen MR) is 124 cm³/mol. The van der Waals surface area contributed by atoms with E-state index in [1.165, 1.54) is 0 Å². The molecule has 0 aromatic heterocycles. The number of esters is 1. The number of thiocarbonyl (C=S) groups is 1. The Hall–Kier alpha value is -2.74. The molecule has 0 radical (unpaired) electrons. The number of hydrazone groups is 1. The molecule has 146 valence electrons. The molecular formula is C21H15BrClN3O2S. The zero-order valence-corrected chi connectivity index (χ0v) is 18.1. The van der Waals surface area contributed by atoms with Gasteiger partial charge in [-0.1, -0.05) is 33.6 Å². The smallest absolute Gasteiger partial charge is 0.343 e. The van der Waals surface area contributed by atoms with E-state index in [9.17, 15) is 4.79 Å². The number of carbonyl (C=O) groups excluding carboxylic acids is 1. The molecule has 29 heavy (non-hydrogen) atoms. The maximum Gasteiger partial charge on any atom is 0.343 e. The van der Waals surface area contributed by atoms with Gasteiger partial charge < -0.3 is 10.1 Å². The van der Waals surface area contributed by atoms with Gasteiger partial charge in [0.15, 0.2) is 5.11 Å². The number of carbonyl (C=O) groups is 1. The summed E-state index contributed by atoms with van der Waals surface area (Å²) in [5.41, 5.74) is 4.78. The molecule has 0 atom stereocenters. The van der Waals surface area contributed by atoms with Crippen LogP contribution in [0.15, 0.2) is 82.4 Å². The number of anilines is 1. The average molecular weight is 489 g/mol. The molecule has 0 bridgehead atoms. The lowest BCUT2D eigenvalue weighted by atomic mass is 10.2. The van der Waals surface area contributed by atoms with Crippen molar-refractivity contribution in [2.24, 2.45) is 5.10 Å². The third kappa shape index (κ3) is 6.67. The van der Waals surface area contributed by atoms with E-state index in [0.717, 1.165) is 15.7 Å². The van der Waals surface area contributed by atoms with Crippen molar-refractivity contribution in [2.75, 3.05) is 5.32 Å². The zero-order chi connectivity index (χ0) is 20.6. The van der Waals surface area contributed by atoms with Crippen molar-refractivity contribution in [2.45, 2.75) is 0 Å². The molecule has 0 spiro atoms. The van der Waals surface area contributed by atoms with Crippen LogP contribution in [0.4, 0.5) is 5.69 Å². The van der Waals surface area contributed by atoms with Crippen LogP contribution in [0.1, 0.15) is 15.9 Å². The molecule has 0 aliphatic heterocycles. The molecule has 0 saturated heterocycles. The summed E-state index contributed by atoms with van der Waals surface area (Å²) in [7, 11) is 0. The lowest BCUT2D eigenvalue weighted by Gasteiger charge is -2.07. The quantitative estimate of drug-likeness (QED) is 0.160. The number of hydrogen-bond donors (Lipinski definition) is 2. The molecule has 0 unspecified atom stereocenters. The van der Waals surface area contributed by atoms with Crippen molar-refractivity contribution in [3.63, 3.8) is 0 Å². The Morgan fingerprint density at radius 3 is 2.48 bits per heavy atom. The number of hydrogen-bond acceptors (Lipinski definition) is 4. The second-order valence-corrected chi connectivity index (χ2v) is 7.56. The number of rotatable bonds is 5. The molecule has 0 fully saturated rings. The second kappa shape index (κ2) is 10.2. The third-order valence-corrected chi connectivity index (χ3v) is 4.59. The van der Waals surface area contributed by atoms with Crippen molar-refractivity contribution in [1.82, 2.24) is 5.43 Å². The van der Waals surface area contributed by atoms with Crippen LogP contribution < -0.4 is 15.5 Å². The minimum absolute atomic E-state index is 0.337. The summed E-state index contributed by atoms with van der Waals surface area (Å²) in [6, 6.07) is 21.1. The van der Waals surface area contributed by atoms with Crippen molar-refractivity contribution >= 4 is 62.7 Å². The molecule has 0 amide bonds. The van der Waals surface area contributed by atoms with E-state index in [4.69, 9.17) is 28.6 Å². The van der Waals surface area contributed by atoms with Gasteiger partial charge in [0, 0.05) is 15.2 Å². The van der Waals surface area contributed by atoms with Gasteiger partial charge in [-0.25, -0.2) is 4.79 Å². The van der Waals surface area contributed by atoms with E-state index in [-0.39, 0.29) is 0 Å². The van der Waals surface area contributed by atoms with E-state index in [2.05, 4.69) is 31.8 Å². The molecule has 5 nitrogen and oxygen atoms in total. The van der Waals surface area contributed by atoms with Crippen molar-refractivity contribution in [3.8, 4) is 5.75 Å². The van der Waals surface area contributed by atoms with E-state index >= 15 is 0 Å². The number of ether oxygens (including phenoxy) is 1. The first kappa shape index (κ1) is 21.0. The van der Waals surface area contributed by atoms with Crippen LogP contribution in [0.2, 0.25) is 5.02 Å². The van der Waals surface area contributed by atoms with Gasteiger partial charge in [-0.15, -0.1) is 0 Å². The largest absolute Gasteiger partial charge is 0.423 e. The molecule has 8 heteroatoms. The fraction of sp³-hybridized carbons (Fsp3) is 0. The van der Waals surface area contributed by atoms with Gasteiger partial charge in [-0.3, -0.25) is 5.43 Å². The molecule has 3 aromatic carbocycles. The van der Waals surface area contributed by atoms with Gasteiger partial charge in [-0.05, 0) is 84.5 Å². The Morgan fingerprint density at radius 1 is 1.07 bits per heavy atom. The first-order valence-electron chi connectivity index (χ1n) is 8.43. The number of benzene rings is 3. The average Bonchev–Trinajstić information content (AvgIpc) is 2.70. The normalized spacial score (nSPS) is 10.6. The van der Waals surface area contributed by atoms with Gasteiger partial charge in [0.2, 0.25) is 0 Å². The highest BCUT2D eigenvalue weighted by molar-refractivity contribution is 9.10. The number of halogens is 2. The molecule has 0 aliphatic rings. The highest BCUT2D eigenvalue weighted by Crippen LogP contribution is 2.16. The van der Waals surface area contributed by atoms with Crippen LogP contribution in [0.5, 0.6) is 5.75 Å². The van der Waals surface area contributed by atoms with Crippen LogP contribution in [0.3, 0.4) is 0 Å². The second-order valence-electron chi connectivity index (χ2n) is 5.80. The van der Waals surface area contributed by atoms with Crippen molar-refractivity contribution in [1.29, 1.82) is 0 Å². The van der Waals surface area contributed by atoms with Gasteiger partial charge in [0.1, 0.15) is 5.75 Å². The molecule has 0 heterocycles. The topological polar surface area (TPSA) is 62.7 Å². The molecule has 0 aliphatic carbocycles. The number of nitrogens with zero attached hydrogens (tertiary/aromatic N) is 1. The summed E-state index contributed by atoms with van der Waals surface area (Å²) in [6.07, 6.45) is 1.60. The molecule has 2 N–H and O–H groups in total. The first-order chi connectivity index (χ1) is 14.0. The Bertz CT molecular complexity index is 1040. The van der Waals surface area contributed by atoms with Crippen LogP contribution in [-0.2, 0) is 0 Å². The summed E-state index contributed by atoms with van der Waals surface area (Å²) in [5, 5.41) is 8.01. The Labute approximate surface area is 186 Å². The summed E-state index contributed by atoms with van der Waals surface area (Å²) in [4.78, 5) is 12.1. The SMILES string of the molecule is O=C(Oc1ccc(/C=N\NC(=S)Nc2cccc(Cl)c2)cc1)c1ccc(Br)cc1. The first-order valence-corrected chi connectivity index (χ1v) is 10.0. The van der Waals surface area contributed by atoms with E-state index < -0.39 is 5.97 Å². The molecule has 3 aromatic rings. The maximum atomic E-state index is 12.1. The summed E-state index contributed by atoms with van der Waals surface area (Å²) in [6.45, 7) is 0. The predicted octanol–water partition coefficient (Wildman–Crippen LogP) is 5.64. The zero-order valence-electron chi connectivity index (χ0n) is 14.9. The van der Waals surface area contributed by atoms with Gasteiger partial charge in [0.25, 0.3) is 0 Å². The molecular weight excluding hydrogens is 474 g/mol. The van der Waals surface area contributed by atoms with Gasteiger partial charge >= 0.3 is 5.97 Å². The fourth-order valence-electron chi connectivity index (χ4n) is 2.26. The fourth-order valence-corrected chi connectivity index (χ4v) is 2.89.